The maximum absolute atomic E-state index is 5.91. The van der Waals surface area contributed by atoms with Gasteiger partial charge in [0.2, 0.25) is 0 Å². The van der Waals surface area contributed by atoms with E-state index in [-0.39, 0.29) is 0 Å². The van der Waals surface area contributed by atoms with Gasteiger partial charge in [0.1, 0.15) is 0 Å². The highest BCUT2D eigenvalue weighted by Crippen LogP contribution is 2.27. The van der Waals surface area contributed by atoms with E-state index in [2.05, 4.69) is 36.9 Å². The first-order chi connectivity index (χ1) is 8.74. The second-order valence-corrected chi connectivity index (χ2v) is 5.73. The summed E-state index contributed by atoms with van der Waals surface area (Å²) in [5, 5.41) is 0. The molecule has 1 fully saturated rings. The second-order valence-electron chi connectivity index (χ2n) is 5.46. The van der Waals surface area contributed by atoms with Gasteiger partial charge in [-0.15, -0.1) is 11.6 Å². The number of benzene rings is 1. The van der Waals surface area contributed by atoms with Crippen molar-refractivity contribution in [1.82, 2.24) is 0 Å². The van der Waals surface area contributed by atoms with Crippen LogP contribution >= 0.6 is 11.6 Å². The van der Waals surface area contributed by atoms with E-state index in [9.17, 15) is 0 Å². The molecule has 0 bridgehead atoms. The summed E-state index contributed by atoms with van der Waals surface area (Å²) >= 11 is 5.91. The fourth-order valence-electron chi connectivity index (χ4n) is 2.91. The summed E-state index contributed by atoms with van der Waals surface area (Å²) in [6.45, 7) is 6.88. The zero-order chi connectivity index (χ0) is 13.0. The van der Waals surface area contributed by atoms with Crippen molar-refractivity contribution in [3.63, 3.8) is 0 Å². The van der Waals surface area contributed by atoms with Crippen LogP contribution in [-0.2, 0) is 5.88 Å². The number of hydrogen-bond acceptors (Lipinski definition) is 1. The highest BCUT2D eigenvalue weighted by Gasteiger charge is 2.18. The van der Waals surface area contributed by atoms with Crippen molar-refractivity contribution >= 4 is 17.3 Å². The lowest BCUT2D eigenvalue weighted by Crippen LogP contribution is -2.33. The molecule has 1 aromatic rings. The molecule has 2 rings (SSSR count). The molecule has 1 nitrogen and oxygen atoms in total. The highest BCUT2D eigenvalue weighted by atomic mass is 35.5. The third-order valence-electron chi connectivity index (χ3n) is 4.15. The molecular weight excluding hydrogens is 242 g/mol. The van der Waals surface area contributed by atoms with Crippen LogP contribution < -0.4 is 4.90 Å². The molecule has 1 saturated heterocycles. The van der Waals surface area contributed by atoms with Crippen LogP contribution in [0.4, 0.5) is 5.69 Å². The van der Waals surface area contributed by atoms with Gasteiger partial charge in [0.05, 0.1) is 0 Å². The zero-order valence-corrected chi connectivity index (χ0v) is 12.3. The highest BCUT2D eigenvalue weighted by molar-refractivity contribution is 6.17. The first-order valence-corrected chi connectivity index (χ1v) is 7.68. The molecule has 0 unspecified atom stereocenters. The van der Waals surface area contributed by atoms with Crippen molar-refractivity contribution < 1.29 is 0 Å². The lowest BCUT2D eigenvalue weighted by molar-refractivity contribution is 0.378. The Morgan fingerprint density at radius 1 is 1.28 bits per heavy atom. The van der Waals surface area contributed by atoms with Gasteiger partial charge in [0, 0.05) is 24.7 Å². The van der Waals surface area contributed by atoms with E-state index in [1.807, 2.05) is 0 Å². The van der Waals surface area contributed by atoms with E-state index < -0.39 is 0 Å². The summed E-state index contributed by atoms with van der Waals surface area (Å²) in [6, 6.07) is 6.69. The van der Waals surface area contributed by atoms with Gasteiger partial charge in [0.25, 0.3) is 0 Å². The van der Waals surface area contributed by atoms with Gasteiger partial charge in [-0.05, 0) is 48.9 Å². The molecule has 0 spiro atoms. The van der Waals surface area contributed by atoms with E-state index in [1.54, 1.807) is 0 Å². The Labute approximate surface area is 116 Å². The summed E-state index contributed by atoms with van der Waals surface area (Å²) in [7, 11) is 0. The number of aryl methyl sites for hydroxylation is 1. The lowest BCUT2D eigenvalue weighted by atomic mass is 9.92. The van der Waals surface area contributed by atoms with Crippen LogP contribution in [0.15, 0.2) is 18.2 Å². The quantitative estimate of drug-likeness (QED) is 0.710. The van der Waals surface area contributed by atoms with E-state index in [0.29, 0.717) is 5.88 Å². The predicted molar refractivity (Wildman–Crippen MR) is 80.6 cm³/mol. The number of rotatable bonds is 4. The molecule has 18 heavy (non-hydrogen) atoms. The smallest absolute Gasteiger partial charge is 0.0476 e. The van der Waals surface area contributed by atoms with Gasteiger partial charge in [-0.2, -0.15) is 0 Å². The van der Waals surface area contributed by atoms with Crippen molar-refractivity contribution in [2.24, 2.45) is 5.92 Å². The summed E-state index contributed by atoms with van der Waals surface area (Å²) in [4.78, 5) is 2.52. The number of anilines is 1. The predicted octanol–water partition coefficient (Wildman–Crippen LogP) is 4.75. The molecule has 100 valence electrons. The maximum atomic E-state index is 5.91. The first kappa shape index (κ1) is 13.7. The molecular formula is C16H24ClN. The Morgan fingerprint density at radius 3 is 2.56 bits per heavy atom. The average Bonchev–Trinajstić information content (AvgIpc) is 2.40. The van der Waals surface area contributed by atoms with E-state index >= 15 is 0 Å². The molecule has 0 saturated carbocycles. The van der Waals surface area contributed by atoms with Crippen LogP contribution in [0.5, 0.6) is 0 Å². The molecule has 0 atom stereocenters. The Kier molecular flexibility index (Phi) is 4.94. The van der Waals surface area contributed by atoms with Gasteiger partial charge in [-0.1, -0.05) is 25.8 Å². The summed E-state index contributed by atoms with van der Waals surface area (Å²) < 4.78 is 0. The topological polar surface area (TPSA) is 3.24 Å². The molecule has 0 amide bonds. The van der Waals surface area contributed by atoms with Gasteiger partial charge < -0.3 is 4.90 Å². The van der Waals surface area contributed by atoms with Crippen LogP contribution in [-0.4, -0.2) is 13.1 Å². The third kappa shape index (κ3) is 3.20. The summed E-state index contributed by atoms with van der Waals surface area (Å²) in [5.74, 6) is 1.57. The number of halogens is 1. The Hall–Kier alpha value is -0.690. The first-order valence-electron chi connectivity index (χ1n) is 7.15. The molecule has 1 aromatic carbocycles. The van der Waals surface area contributed by atoms with Crippen LogP contribution in [0, 0.1) is 12.8 Å². The number of alkyl halides is 1. The summed E-state index contributed by atoms with van der Waals surface area (Å²) in [6.07, 6.45) is 5.43. The largest absolute Gasteiger partial charge is 0.372 e. The van der Waals surface area contributed by atoms with Crippen molar-refractivity contribution in [3.8, 4) is 0 Å². The van der Waals surface area contributed by atoms with Crippen molar-refractivity contribution in [2.75, 3.05) is 18.0 Å². The maximum Gasteiger partial charge on any atom is 0.0476 e. The van der Waals surface area contributed by atoms with E-state index in [0.717, 1.165) is 5.92 Å². The van der Waals surface area contributed by atoms with E-state index in [4.69, 9.17) is 11.6 Å². The number of hydrogen-bond donors (Lipinski definition) is 0. The average molecular weight is 266 g/mol. The minimum atomic E-state index is 0.616. The minimum Gasteiger partial charge on any atom is -0.372 e. The van der Waals surface area contributed by atoms with Crippen LogP contribution in [0.25, 0.3) is 0 Å². The van der Waals surface area contributed by atoms with Gasteiger partial charge in [-0.25, -0.2) is 0 Å². The molecule has 2 heteroatoms. The molecule has 1 aliphatic rings. The number of piperidine rings is 1. The SMILES string of the molecule is CCCC1CCN(c2ccc(CCl)c(C)c2)CC1. The fraction of sp³-hybridized carbons (Fsp3) is 0.625. The van der Waals surface area contributed by atoms with Gasteiger partial charge in [-0.3, -0.25) is 0 Å². The molecule has 1 aliphatic heterocycles. The standard InChI is InChI=1S/C16H24ClN/c1-3-4-14-7-9-18(10-8-14)16-6-5-15(12-17)13(2)11-16/h5-6,11,14H,3-4,7-10,12H2,1-2H3. The van der Waals surface area contributed by atoms with E-state index in [1.165, 1.54) is 55.6 Å². The molecule has 0 aromatic heterocycles. The normalized spacial score (nSPS) is 17.2. The molecule has 0 radical (unpaired) electrons. The Morgan fingerprint density at radius 2 is 2.00 bits per heavy atom. The third-order valence-corrected chi connectivity index (χ3v) is 4.43. The summed E-state index contributed by atoms with van der Waals surface area (Å²) in [5.41, 5.74) is 3.94. The van der Waals surface area contributed by atoms with Gasteiger partial charge in [0.15, 0.2) is 0 Å². The second kappa shape index (κ2) is 6.47. The minimum absolute atomic E-state index is 0.616. The monoisotopic (exact) mass is 265 g/mol. The van der Waals surface area contributed by atoms with Crippen LogP contribution in [0.1, 0.15) is 43.7 Å². The molecule has 1 heterocycles. The Balaban J connectivity index is 1.99. The lowest BCUT2D eigenvalue weighted by Gasteiger charge is -2.34. The number of nitrogens with zero attached hydrogens (tertiary/aromatic N) is 1. The molecule has 0 aliphatic carbocycles. The Bertz CT molecular complexity index is 381. The fourth-order valence-corrected chi connectivity index (χ4v) is 3.21. The van der Waals surface area contributed by atoms with Crippen molar-refractivity contribution in [3.05, 3.63) is 29.3 Å². The van der Waals surface area contributed by atoms with Crippen molar-refractivity contribution in [1.29, 1.82) is 0 Å². The van der Waals surface area contributed by atoms with Crippen LogP contribution in [0.2, 0.25) is 0 Å². The van der Waals surface area contributed by atoms with Gasteiger partial charge >= 0.3 is 0 Å². The van der Waals surface area contributed by atoms with Crippen LogP contribution in [0.3, 0.4) is 0 Å². The zero-order valence-electron chi connectivity index (χ0n) is 11.6. The van der Waals surface area contributed by atoms with Crippen molar-refractivity contribution in [2.45, 2.75) is 45.4 Å². The molecule has 0 N–H and O–H groups in total.